The van der Waals surface area contributed by atoms with Crippen LogP contribution in [0, 0.1) is 19.8 Å². The van der Waals surface area contributed by atoms with Crippen LogP contribution in [-0.2, 0) is 9.53 Å². The number of nitrogens with one attached hydrogen (secondary N) is 2. The number of carbonyl (C=O) groups excluding carboxylic acids is 1. The highest BCUT2D eigenvalue weighted by atomic mass is 16.5. The van der Waals surface area contributed by atoms with E-state index in [1.165, 1.54) is 0 Å². The van der Waals surface area contributed by atoms with Crippen molar-refractivity contribution in [3.63, 3.8) is 0 Å². The maximum Gasteiger partial charge on any atom is 0.309 e. The average molecular weight is 341 g/mol. The van der Waals surface area contributed by atoms with Gasteiger partial charge in [0.15, 0.2) is 11.6 Å². The number of aryl methyl sites for hydroxylation is 2. The van der Waals surface area contributed by atoms with E-state index in [1.807, 2.05) is 32.9 Å². The van der Waals surface area contributed by atoms with Crippen LogP contribution in [0.3, 0.4) is 0 Å². The molecular weight excluding hydrogens is 318 g/mol. The summed E-state index contributed by atoms with van der Waals surface area (Å²) in [6.07, 6.45) is 4.27. The first kappa shape index (κ1) is 17.1. The van der Waals surface area contributed by atoms with Gasteiger partial charge in [-0.05, 0) is 45.6 Å². The second kappa shape index (κ2) is 7.46. The molecule has 0 aliphatic heterocycles. The van der Waals surface area contributed by atoms with E-state index in [9.17, 15) is 4.79 Å². The Morgan fingerprint density at radius 3 is 2.80 bits per heavy atom. The van der Waals surface area contributed by atoms with Crippen LogP contribution in [0.25, 0.3) is 5.57 Å². The van der Waals surface area contributed by atoms with E-state index in [2.05, 4.69) is 31.6 Å². The minimum atomic E-state index is -0.112. The van der Waals surface area contributed by atoms with Gasteiger partial charge in [0.2, 0.25) is 0 Å². The van der Waals surface area contributed by atoms with Crippen molar-refractivity contribution in [2.75, 3.05) is 11.9 Å². The van der Waals surface area contributed by atoms with Gasteiger partial charge in [0.05, 0.1) is 12.5 Å². The molecule has 0 saturated carbocycles. The van der Waals surface area contributed by atoms with Crippen LogP contribution < -0.4 is 5.32 Å². The molecule has 0 saturated heterocycles. The normalized spacial score (nSPS) is 17.1. The van der Waals surface area contributed by atoms with E-state index >= 15 is 0 Å². The van der Waals surface area contributed by atoms with Crippen molar-refractivity contribution >= 4 is 23.2 Å². The SMILES string of the molecule is CCOC(=O)C1CC=C(c2nc(C)cc(Nc3cc(C)[nH]n3)n2)CC1. The van der Waals surface area contributed by atoms with Crippen LogP contribution in [0.1, 0.15) is 43.4 Å². The summed E-state index contributed by atoms with van der Waals surface area (Å²) in [7, 11) is 0. The largest absolute Gasteiger partial charge is 0.466 e. The van der Waals surface area contributed by atoms with Gasteiger partial charge in [0.1, 0.15) is 5.82 Å². The van der Waals surface area contributed by atoms with Crippen LogP contribution in [0.15, 0.2) is 18.2 Å². The first-order chi connectivity index (χ1) is 12.0. The van der Waals surface area contributed by atoms with Gasteiger partial charge in [0.25, 0.3) is 0 Å². The fourth-order valence-electron chi connectivity index (χ4n) is 2.90. The number of anilines is 2. The van der Waals surface area contributed by atoms with Gasteiger partial charge < -0.3 is 10.1 Å². The lowest BCUT2D eigenvalue weighted by Crippen LogP contribution is -2.20. The lowest BCUT2D eigenvalue weighted by atomic mass is 9.89. The molecule has 0 fully saturated rings. The molecule has 1 unspecified atom stereocenters. The van der Waals surface area contributed by atoms with Gasteiger partial charge in [-0.1, -0.05) is 6.08 Å². The Morgan fingerprint density at radius 1 is 1.32 bits per heavy atom. The molecule has 2 aromatic rings. The molecule has 1 aliphatic rings. The van der Waals surface area contributed by atoms with Crippen molar-refractivity contribution in [1.82, 2.24) is 20.2 Å². The molecule has 1 aliphatic carbocycles. The van der Waals surface area contributed by atoms with Crippen LogP contribution in [0.4, 0.5) is 11.6 Å². The fourth-order valence-corrected chi connectivity index (χ4v) is 2.90. The van der Waals surface area contributed by atoms with Crippen molar-refractivity contribution in [2.24, 2.45) is 5.92 Å². The van der Waals surface area contributed by atoms with Gasteiger partial charge in [0, 0.05) is 23.5 Å². The number of aromatic nitrogens is 4. The summed E-state index contributed by atoms with van der Waals surface area (Å²) in [6, 6.07) is 3.80. The molecule has 2 N–H and O–H groups in total. The summed E-state index contributed by atoms with van der Waals surface area (Å²) in [5.41, 5.74) is 2.94. The lowest BCUT2D eigenvalue weighted by molar-refractivity contribution is -0.148. The maximum atomic E-state index is 11.9. The van der Waals surface area contributed by atoms with Crippen molar-refractivity contribution in [2.45, 2.75) is 40.0 Å². The highest BCUT2D eigenvalue weighted by Gasteiger charge is 2.24. The molecular formula is C18H23N5O2. The topological polar surface area (TPSA) is 92.8 Å². The summed E-state index contributed by atoms with van der Waals surface area (Å²) in [5, 5.41) is 10.3. The first-order valence-electron chi connectivity index (χ1n) is 8.56. The minimum absolute atomic E-state index is 0.0573. The standard InChI is InChI=1S/C18H23N5O2/c1-4-25-18(24)14-7-5-13(6-8-14)17-19-11(2)9-15(21-17)20-16-10-12(3)22-23-16/h5,9-10,14H,4,6-8H2,1-3H3,(H2,19,20,21,22,23). The molecule has 132 valence electrons. The number of aromatic amines is 1. The number of hydrogen-bond donors (Lipinski definition) is 2. The molecule has 2 heterocycles. The van der Waals surface area contributed by atoms with E-state index in [1.54, 1.807) is 0 Å². The molecule has 3 rings (SSSR count). The number of nitrogens with zero attached hydrogens (tertiary/aromatic N) is 3. The Balaban J connectivity index is 1.75. The minimum Gasteiger partial charge on any atom is -0.466 e. The Morgan fingerprint density at radius 2 is 2.16 bits per heavy atom. The molecule has 0 amide bonds. The number of rotatable bonds is 5. The van der Waals surface area contributed by atoms with Crippen molar-refractivity contribution in [1.29, 1.82) is 0 Å². The molecule has 7 heteroatoms. The Kier molecular flexibility index (Phi) is 5.11. The maximum absolute atomic E-state index is 11.9. The monoisotopic (exact) mass is 341 g/mol. The lowest BCUT2D eigenvalue weighted by Gasteiger charge is -2.20. The van der Waals surface area contributed by atoms with E-state index in [0.717, 1.165) is 35.6 Å². The van der Waals surface area contributed by atoms with E-state index in [-0.39, 0.29) is 11.9 Å². The average Bonchev–Trinajstić information content (AvgIpc) is 2.99. The second-order valence-corrected chi connectivity index (χ2v) is 6.23. The summed E-state index contributed by atoms with van der Waals surface area (Å²) in [5.74, 6) is 1.97. The molecule has 2 aromatic heterocycles. The third-order valence-corrected chi connectivity index (χ3v) is 4.13. The van der Waals surface area contributed by atoms with Crippen LogP contribution in [0.2, 0.25) is 0 Å². The number of carbonyl (C=O) groups is 1. The first-order valence-corrected chi connectivity index (χ1v) is 8.56. The highest BCUT2D eigenvalue weighted by molar-refractivity contribution is 5.75. The fraction of sp³-hybridized carbons (Fsp3) is 0.444. The van der Waals surface area contributed by atoms with E-state index in [0.29, 0.717) is 24.7 Å². The molecule has 0 radical (unpaired) electrons. The van der Waals surface area contributed by atoms with Gasteiger partial charge in [-0.3, -0.25) is 9.89 Å². The summed E-state index contributed by atoms with van der Waals surface area (Å²) in [6.45, 7) is 6.14. The molecule has 0 aromatic carbocycles. The van der Waals surface area contributed by atoms with Gasteiger partial charge in [-0.25, -0.2) is 9.97 Å². The number of esters is 1. The molecule has 1 atom stereocenters. The number of hydrogen-bond acceptors (Lipinski definition) is 6. The summed E-state index contributed by atoms with van der Waals surface area (Å²) in [4.78, 5) is 21.0. The smallest absolute Gasteiger partial charge is 0.309 e. The predicted octanol–water partition coefficient (Wildman–Crippen LogP) is 3.31. The zero-order chi connectivity index (χ0) is 17.8. The van der Waals surface area contributed by atoms with Gasteiger partial charge in [-0.15, -0.1) is 0 Å². The van der Waals surface area contributed by atoms with Gasteiger partial charge in [-0.2, -0.15) is 5.10 Å². The zero-order valence-corrected chi connectivity index (χ0v) is 14.8. The van der Waals surface area contributed by atoms with Gasteiger partial charge >= 0.3 is 5.97 Å². The number of allylic oxidation sites excluding steroid dienone is 2. The number of H-pyrrole nitrogens is 1. The van der Waals surface area contributed by atoms with E-state index in [4.69, 9.17) is 4.74 Å². The van der Waals surface area contributed by atoms with Crippen LogP contribution in [-0.4, -0.2) is 32.7 Å². The van der Waals surface area contributed by atoms with Crippen molar-refractivity contribution < 1.29 is 9.53 Å². The zero-order valence-electron chi connectivity index (χ0n) is 14.8. The van der Waals surface area contributed by atoms with E-state index < -0.39 is 0 Å². The number of ether oxygens (including phenoxy) is 1. The quantitative estimate of drug-likeness (QED) is 0.811. The Labute approximate surface area is 146 Å². The van der Waals surface area contributed by atoms with Crippen molar-refractivity contribution in [3.05, 3.63) is 35.4 Å². The highest BCUT2D eigenvalue weighted by Crippen LogP contribution is 2.30. The molecule has 25 heavy (non-hydrogen) atoms. The van der Waals surface area contributed by atoms with Crippen molar-refractivity contribution in [3.8, 4) is 0 Å². The van der Waals surface area contributed by atoms with Crippen LogP contribution in [0.5, 0.6) is 0 Å². The van der Waals surface area contributed by atoms with Crippen LogP contribution >= 0.6 is 0 Å². The Hall–Kier alpha value is -2.70. The summed E-state index contributed by atoms with van der Waals surface area (Å²) < 4.78 is 5.11. The molecule has 7 nitrogen and oxygen atoms in total. The third-order valence-electron chi connectivity index (χ3n) is 4.13. The summed E-state index contributed by atoms with van der Waals surface area (Å²) >= 11 is 0. The molecule has 0 bridgehead atoms. The second-order valence-electron chi connectivity index (χ2n) is 6.23. The Bertz CT molecular complexity index is 797. The molecule has 0 spiro atoms. The predicted molar refractivity (Wildman–Crippen MR) is 95.3 cm³/mol. The third kappa shape index (κ3) is 4.23.